The van der Waals surface area contributed by atoms with E-state index in [9.17, 15) is 9.59 Å². The minimum Gasteiger partial charge on any atom is -0.348 e. The molecular weight excluding hydrogens is 346 g/mol. The van der Waals surface area contributed by atoms with Crippen LogP contribution in [0, 0.1) is 13.8 Å². The Balaban J connectivity index is 1.68. The highest BCUT2D eigenvalue weighted by Crippen LogP contribution is 2.20. The highest BCUT2D eigenvalue weighted by Gasteiger charge is 2.15. The van der Waals surface area contributed by atoms with Gasteiger partial charge in [0, 0.05) is 30.1 Å². The van der Waals surface area contributed by atoms with Gasteiger partial charge in [0.05, 0.1) is 6.04 Å². The van der Waals surface area contributed by atoms with E-state index >= 15 is 0 Å². The van der Waals surface area contributed by atoms with Crippen molar-refractivity contribution in [2.45, 2.75) is 32.9 Å². The van der Waals surface area contributed by atoms with Crippen molar-refractivity contribution in [3.05, 3.63) is 68.3 Å². The van der Waals surface area contributed by atoms with Gasteiger partial charge >= 0.3 is 4.87 Å². The molecular formula is C20H23N3O2S. The zero-order chi connectivity index (χ0) is 18.7. The van der Waals surface area contributed by atoms with E-state index in [1.807, 2.05) is 44.2 Å². The first-order valence-electron chi connectivity index (χ1n) is 8.64. The molecule has 3 N–H and O–H groups in total. The Morgan fingerprint density at radius 1 is 1.19 bits per heavy atom. The summed E-state index contributed by atoms with van der Waals surface area (Å²) in [6.45, 7) is 4.53. The molecule has 5 nitrogen and oxygen atoms in total. The van der Waals surface area contributed by atoms with E-state index < -0.39 is 0 Å². The van der Waals surface area contributed by atoms with Gasteiger partial charge in [-0.1, -0.05) is 47.7 Å². The monoisotopic (exact) mass is 369 g/mol. The molecule has 0 aliphatic rings. The standard InChI is InChI=1S/C20H23N3O2S/c1-13-14(2)26-20(25)23(13)10-9-19(24)22-18(12-21)17-8-7-15-5-3-4-6-16(15)11-17/h3-8,11,18H,9-10,12,21H2,1-2H3,(H,22,24). The average Bonchev–Trinajstić information content (AvgIpc) is 2.89. The molecule has 1 heterocycles. The van der Waals surface area contributed by atoms with Crippen LogP contribution in [0.5, 0.6) is 0 Å². The van der Waals surface area contributed by atoms with Crippen molar-refractivity contribution in [3.8, 4) is 0 Å². The maximum atomic E-state index is 12.4. The van der Waals surface area contributed by atoms with E-state index in [2.05, 4.69) is 17.4 Å². The summed E-state index contributed by atoms with van der Waals surface area (Å²) in [5.41, 5.74) is 7.80. The van der Waals surface area contributed by atoms with Gasteiger partial charge in [-0.25, -0.2) is 0 Å². The van der Waals surface area contributed by atoms with Gasteiger partial charge in [0.15, 0.2) is 0 Å². The molecule has 26 heavy (non-hydrogen) atoms. The maximum absolute atomic E-state index is 12.4. The number of hydrogen-bond donors (Lipinski definition) is 2. The summed E-state index contributed by atoms with van der Waals surface area (Å²) >= 11 is 1.22. The number of fused-ring (bicyclic) bond motifs is 1. The summed E-state index contributed by atoms with van der Waals surface area (Å²) in [6, 6.07) is 13.9. The summed E-state index contributed by atoms with van der Waals surface area (Å²) in [6.07, 6.45) is 0.251. The third kappa shape index (κ3) is 3.86. The number of nitrogens with one attached hydrogen (secondary N) is 1. The normalized spacial score (nSPS) is 12.3. The van der Waals surface area contributed by atoms with Gasteiger partial charge < -0.3 is 15.6 Å². The molecule has 136 valence electrons. The fourth-order valence-electron chi connectivity index (χ4n) is 3.03. The highest BCUT2D eigenvalue weighted by molar-refractivity contribution is 7.09. The molecule has 1 amide bonds. The summed E-state index contributed by atoms with van der Waals surface area (Å²) in [4.78, 5) is 25.3. The molecule has 6 heteroatoms. The molecule has 2 aromatic carbocycles. The first kappa shape index (κ1) is 18.4. The van der Waals surface area contributed by atoms with Gasteiger partial charge in [-0.3, -0.25) is 9.59 Å². The molecule has 0 bridgehead atoms. The lowest BCUT2D eigenvalue weighted by atomic mass is 10.0. The lowest BCUT2D eigenvalue weighted by Crippen LogP contribution is -2.34. The van der Waals surface area contributed by atoms with Gasteiger partial charge in [0.1, 0.15) is 0 Å². The van der Waals surface area contributed by atoms with Crippen LogP contribution in [-0.2, 0) is 11.3 Å². The van der Waals surface area contributed by atoms with Crippen LogP contribution < -0.4 is 15.9 Å². The van der Waals surface area contributed by atoms with Crippen molar-refractivity contribution >= 4 is 28.0 Å². The van der Waals surface area contributed by atoms with Crippen molar-refractivity contribution in [1.82, 2.24) is 9.88 Å². The van der Waals surface area contributed by atoms with E-state index in [0.29, 0.717) is 13.1 Å². The molecule has 1 unspecified atom stereocenters. The molecule has 0 aliphatic carbocycles. The number of carbonyl (C=O) groups excluding carboxylic acids is 1. The Labute approximate surface area is 156 Å². The fraction of sp³-hybridized carbons (Fsp3) is 0.300. The average molecular weight is 369 g/mol. The predicted molar refractivity (Wildman–Crippen MR) is 107 cm³/mol. The number of thiazole rings is 1. The van der Waals surface area contributed by atoms with Crippen LogP contribution in [0.3, 0.4) is 0 Å². The number of aryl methyl sites for hydroxylation is 1. The third-order valence-corrected chi connectivity index (χ3v) is 5.68. The molecule has 1 aromatic heterocycles. The van der Waals surface area contributed by atoms with Crippen molar-refractivity contribution in [3.63, 3.8) is 0 Å². The number of carbonyl (C=O) groups is 1. The Hall–Kier alpha value is -2.44. The molecule has 3 aromatic rings. The second kappa shape index (κ2) is 7.85. The van der Waals surface area contributed by atoms with Crippen LogP contribution >= 0.6 is 11.3 Å². The van der Waals surface area contributed by atoms with Crippen LogP contribution in [0.25, 0.3) is 10.8 Å². The van der Waals surface area contributed by atoms with Crippen LogP contribution in [0.1, 0.15) is 28.6 Å². The van der Waals surface area contributed by atoms with Gasteiger partial charge in [-0.05, 0) is 36.2 Å². The zero-order valence-corrected chi connectivity index (χ0v) is 15.8. The highest BCUT2D eigenvalue weighted by atomic mass is 32.1. The summed E-state index contributed by atoms with van der Waals surface area (Å²) in [5.74, 6) is -0.108. The maximum Gasteiger partial charge on any atom is 0.307 e. The number of amides is 1. The van der Waals surface area contributed by atoms with Gasteiger partial charge in [0.25, 0.3) is 0 Å². The Morgan fingerprint density at radius 3 is 2.58 bits per heavy atom. The first-order valence-corrected chi connectivity index (χ1v) is 9.46. The Bertz CT molecular complexity index is 990. The quantitative estimate of drug-likeness (QED) is 0.701. The van der Waals surface area contributed by atoms with E-state index in [1.54, 1.807) is 4.57 Å². The second-order valence-electron chi connectivity index (χ2n) is 6.37. The molecule has 1 atom stereocenters. The topological polar surface area (TPSA) is 77.1 Å². The van der Waals surface area contributed by atoms with Crippen molar-refractivity contribution in [2.24, 2.45) is 5.73 Å². The second-order valence-corrected chi connectivity index (χ2v) is 7.54. The number of nitrogens with zero attached hydrogens (tertiary/aromatic N) is 1. The largest absolute Gasteiger partial charge is 0.348 e. The molecule has 0 aliphatic heterocycles. The minimum absolute atomic E-state index is 0.0160. The van der Waals surface area contributed by atoms with E-state index in [-0.39, 0.29) is 23.2 Å². The van der Waals surface area contributed by atoms with Gasteiger partial charge in [-0.15, -0.1) is 0 Å². The lowest BCUT2D eigenvalue weighted by Gasteiger charge is -2.18. The van der Waals surface area contributed by atoms with Crippen LogP contribution in [0.2, 0.25) is 0 Å². The summed E-state index contributed by atoms with van der Waals surface area (Å²) in [7, 11) is 0. The minimum atomic E-state index is -0.242. The first-order chi connectivity index (χ1) is 12.5. The zero-order valence-electron chi connectivity index (χ0n) is 15.0. The number of aromatic nitrogens is 1. The molecule has 0 saturated carbocycles. The van der Waals surface area contributed by atoms with Crippen molar-refractivity contribution in [1.29, 1.82) is 0 Å². The van der Waals surface area contributed by atoms with Crippen LogP contribution in [0.4, 0.5) is 0 Å². The molecule has 0 saturated heterocycles. The Kier molecular flexibility index (Phi) is 5.54. The molecule has 0 spiro atoms. The molecule has 3 rings (SSSR count). The smallest absolute Gasteiger partial charge is 0.307 e. The van der Waals surface area contributed by atoms with Crippen molar-refractivity contribution in [2.75, 3.05) is 6.54 Å². The third-order valence-electron chi connectivity index (χ3n) is 4.68. The van der Waals surface area contributed by atoms with Gasteiger partial charge in [0.2, 0.25) is 5.91 Å². The van der Waals surface area contributed by atoms with Crippen LogP contribution in [-0.4, -0.2) is 17.0 Å². The Morgan fingerprint density at radius 2 is 1.92 bits per heavy atom. The SMILES string of the molecule is Cc1sc(=O)n(CCC(=O)NC(CN)c2ccc3ccccc3c2)c1C. The van der Waals surface area contributed by atoms with Gasteiger partial charge in [-0.2, -0.15) is 0 Å². The predicted octanol–water partition coefficient (Wildman–Crippen LogP) is 2.89. The van der Waals surface area contributed by atoms with Crippen molar-refractivity contribution < 1.29 is 4.79 Å². The van der Waals surface area contributed by atoms with E-state index in [0.717, 1.165) is 26.9 Å². The summed E-state index contributed by atoms with van der Waals surface area (Å²) < 4.78 is 1.66. The summed E-state index contributed by atoms with van der Waals surface area (Å²) in [5, 5.41) is 5.26. The number of rotatable bonds is 6. The fourth-order valence-corrected chi connectivity index (χ4v) is 3.89. The molecule has 0 fully saturated rings. The van der Waals surface area contributed by atoms with E-state index in [1.165, 1.54) is 11.3 Å². The van der Waals surface area contributed by atoms with Crippen LogP contribution in [0.15, 0.2) is 47.3 Å². The number of hydrogen-bond acceptors (Lipinski definition) is 4. The number of nitrogens with two attached hydrogens (primary N) is 1. The lowest BCUT2D eigenvalue weighted by molar-refractivity contribution is -0.122. The number of benzene rings is 2. The van der Waals surface area contributed by atoms with E-state index in [4.69, 9.17) is 5.73 Å². The molecule has 0 radical (unpaired) electrons.